The molecule has 1 aliphatic heterocycles. The molecule has 1 aromatic rings. The summed E-state index contributed by atoms with van der Waals surface area (Å²) in [6.07, 6.45) is 1.15. The van der Waals surface area contributed by atoms with Crippen molar-refractivity contribution < 1.29 is 9.13 Å². The Morgan fingerprint density at radius 3 is 3.00 bits per heavy atom. The number of ether oxygens (including phenoxy) is 1. The van der Waals surface area contributed by atoms with Crippen LogP contribution in [0.25, 0.3) is 0 Å². The maximum Gasteiger partial charge on any atom is 0.126 e. The van der Waals surface area contributed by atoms with Gasteiger partial charge in [0.2, 0.25) is 0 Å². The van der Waals surface area contributed by atoms with E-state index in [-0.39, 0.29) is 5.82 Å². The minimum atomic E-state index is -0.251. The molecule has 0 spiro atoms. The Morgan fingerprint density at radius 2 is 2.38 bits per heavy atom. The molecule has 0 aromatic heterocycles. The molecule has 0 saturated carbocycles. The van der Waals surface area contributed by atoms with Gasteiger partial charge in [-0.15, -0.1) is 0 Å². The summed E-state index contributed by atoms with van der Waals surface area (Å²) >= 11 is 0. The molecule has 0 amide bonds. The summed E-state index contributed by atoms with van der Waals surface area (Å²) in [6.45, 7) is 1.70. The predicted octanol–water partition coefficient (Wildman–Crippen LogP) is 1.57. The first-order chi connectivity index (χ1) is 6.34. The van der Waals surface area contributed by atoms with Crippen molar-refractivity contribution in [2.75, 3.05) is 13.2 Å². The molecule has 1 aliphatic rings. The molecule has 0 radical (unpaired) electrons. The van der Waals surface area contributed by atoms with E-state index in [2.05, 4.69) is 5.32 Å². The molecule has 0 aliphatic carbocycles. The van der Waals surface area contributed by atoms with Crippen LogP contribution in [-0.4, -0.2) is 19.2 Å². The van der Waals surface area contributed by atoms with Gasteiger partial charge in [0.05, 0.1) is 0 Å². The monoisotopic (exact) mass is 181 g/mol. The number of halogens is 1. The maximum absolute atomic E-state index is 12.7. The number of benzene rings is 1. The van der Waals surface area contributed by atoms with E-state index in [0.29, 0.717) is 18.4 Å². The molecule has 1 N–H and O–H groups in total. The third kappa shape index (κ3) is 2.18. The van der Waals surface area contributed by atoms with Crippen molar-refractivity contribution in [3.63, 3.8) is 0 Å². The van der Waals surface area contributed by atoms with Crippen LogP contribution in [0.4, 0.5) is 4.39 Å². The maximum atomic E-state index is 12.7. The zero-order chi connectivity index (χ0) is 9.10. The van der Waals surface area contributed by atoms with Gasteiger partial charge in [0.25, 0.3) is 0 Å². The molecule has 1 aromatic carbocycles. The minimum Gasteiger partial charge on any atom is -0.492 e. The lowest BCUT2D eigenvalue weighted by Gasteiger charge is -2.27. The van der Waals surface area contributed by atoms with Crippen LogP contribution in [0.3, 0.4) is 0 Å². The number of nitrogens with one attached hydrogen (secondary N) is 1. The third-order valence-corrected chi connectivity index (χ3v) is 2.17. The fourth-order valence-electron chi connectivity index (χ4n) is 1.24. The highest BCUT2D eigenvalue weighted by atomic mass is 19.1. The summed E-state index contributed by atoms with van der Waals surface area (Å²) < 4.78 is 18.1. The van der Waals surface area contributed by atoms with Crippen molar-refractivity contribution in [2.24, 2.45) is 0 Å². The van der Waals surface area contributed by atoms with Crippen LogP contribution in [-0.2, 0) is 0 Å². The van der Waals surface area contributed by atoms with Crippen LogP contribution >= 0.6 is 0 Å². The Bertz CT molecular complexity index is 286. The van der Waals surface area contributed by atoms with Crippen LogP contribution < -0.4 is 10.1 Å². The van der Waals surface area contributed by atoms with Crippen molar-refractivity contribution in [1.29, 1.82) is 0 Å². The molecular formula is C10H12FNO. The van der Waals surface area contributed by atoms with Crippen molar-refractivity contribution >= 4 is 0 Å². The average molecular weight is 181 g/mol. The second-order valence-corrected chi connectivity index (χ2v) is 3.21. The van der Waals surface area contributed by atoms with Gasteiger partial charge in [0.15, 0.2) is 0 Å². The SMILES string of the molecule is Fc1cccc(OC[C@@H]2CCN2)c1. The molecule has 1 heterocycles. The van der Waals surface area contributed by atoms with Gasteiger partial charge in [-0.2, -0.15) is 0 Å². The smallest absolute Gasteiger partial charge is 0.126 e. The van der Waals surface area contributed by atoms with E-state index in [1.165, 1.54) is 12.1 Å². The van der Waals surface area contributed by atoms with Crippen molar-refractivity contribution in [2.45, 2.75) is 12.5 Å². The molecule has 2 rings (SSSR count). The molecule has 3 heteroatoms. The fraction of sp³-hybridized carbons (Fsp3) is 0.400. The Kier molecular flexibility index (Phi) is 2.45. The van der Waals surface area contributed by atoms with Gasteiger partial charge in [-0.3, -0.25) is 0 Å². The second kappa shape index (κ2) is 3.75. The lowest BCUT2D eigenvalue weighted by Crippen LogP contribution is -2.46. The van der Waals surface area contributed by atoms with Gasteiger partial charge in [-0.25, -0.2) is 4.39 Å². The van der Waals surface area contributed by atoms with Crippen LogP contribution in [0.2, 0.25) is 0 Å². The number of rotatable bonds is 3. The third-order valence-electron chi connectivity index (χ3n) is 2.17. The van der Waals surface area contributed by atoms with Gasteiger partial charge >= 0.3 is 0 Å². The molecule has 0 unspecified atom stereocenters. The normalized spacial score (nSPS) is 20.8. The zero-order valence-corrected chi connectivity index (χ0v) is 7.29. The molecule has 2 nitrogen and oxygen atoms in total. The highest BCUT2D eigenvalue weighted by molar-refractivity contribution is 5.22. The number of hydrogen-bond donors (Lipinski definition) is 1. The van der Waals surface area contributed by atoms with Crippen molar-refractivity contribution in [1.82, 2.24) is 5.32 Å². The molecule has 0 bridgehead atoms. The van der Waals surface area contributed by atoms with Gasteiger partial charge in [0.1, 0.15) is 18.2 Å². The topological polar surface area (TPSA) is 21.3 Å². The fourth-order valence-corrected chi connectivity index (χ4v) is 1.24. The molecule has 70 valence electrons. The quantitative estimate of drug-likeness (QED) is 0.764. The largest absolute Gasteiger partial charge is 0.492 e. The van der Waals surface area contributed by atoms with Crippen LogP contribution in [0.15, 0.2) is 24.3 Å². The molecule has 1 fully saturated rings. The summed E-state index contributed by atoms with van der Waals surface area (Å²) in [5, 5.41) is 3.21. The summed E-state index contributed by atoms with van der Waals surface area (Å²) in [6, 6.07) is 6.68. The van der Waals surface area contributed by atoms with E-state index in [0.717, 1.165) is 13.0 Å². The first-order valence-electron chi connectivity index (χ1n) is 4.46. The first kappa shape index (κ1) is 8.51. The standard InChI is InChI=1S/C10H12FNO/c11-8-2-1-3-10(6-8)13-7-9-4-5-12-9/h1-3,6,9,12H,4-5,7H2/t9-/m0/s1. The highest BCUT2D eigenvalue weighted by Crippen LogP contribution is 2.13. The number of hydrogen-bond acceptors (Lipinski definition) is 2. The van der Waals surface area contributed by atoms with Gasteiger partial charge in [-0.1, -0.05) is 6.07 Å². The molecule has 1 saturated heterocycles. The summed E-state index contributed by atoms with van der Waals surface area (Å²) in [7, 11) is 0. The summed E-state index contributed by atoms with van der Waals surface area (Å²) in [4.78, 5) is 0. The average Bonchev–Trinajstić information content (AvgIpc) is 2.01. The molecule has 1 atom stereocenters. The van der Waals surface area contributed by atoms with Crippen LogP contribution in [0.5, 0.6) is 5.75 Å². The highest BCUT2D eigenvalue weighted by Gasteiger charge is 2.16. The lowest BCUT2D eigenvalue weighted by atomic mass is 10.1. The van der Waals surface area contributed by atoms with E-state index >= 15 is 0 Å². The van der Waals surface area contributed by atoms with E-state index < -0.39 is 0 Å². The van der Waals surface area contributed by atoms with Gasteiger partial charge < -0.3 is 10.1 Å². The summed E-state index contributed by atoms with van der Waals surface area (Å²) in [5.74, 6) is 0.354. The van der Waals surface area contributed by atoms with Crippen LogP contribution in [0, 0.1) is 5.82 Å². The zero-order valence-electron chi connectivity index (χ0n) is 7.29. The lowest BCUT2D eigenvalue weighted by molar-refractivity contribution is 0.217. The van der Waals surface area contributed by atoms with E-state index in [9.17, 15) is 4.39 Å². The Hall–Kier alpha value is -1.09. The van der Waals surface area contributed by atoms with Crippen molar-refractivity contribution in [3.05, 3.63) is 30.1 Å². The van der Waals surface area contributed by atoms with E-state index in [1.807, 2.05) is 0 Å². The summed E-state index contributed by atoms with van der Waals surface area (Å²) in [5.41, 5.74) is 0. The first-order valence-corrected chi connectivity index (χ1v) is 4.46. The predicted molar refractivity (Wildman–Crippen MR) is 48.3 cm³/mol. The van der Waals surface area contributed by atoms with Gasteiger partial charge in [-0.05, 0) is 25.1 Å². The Labute approximate surface area is 76.7 Å². The van der Waals surface area contributed by atoms with E-state index in [4.69, 9.17) is 4.74 Å². The van der Waals surface area contributed by atoms with Crippen molar-refractivity contribution in [3.8, 4) is 5.75 Å². The molecular weight excluding hydrogens is 169 g/mol. The van der Waals surface area contributed by atoms with Crippen LogP contribution in [0.1, 0.15) is 6.42 Å². The van der Waals surface area contributed by atoms with E-state index in [1.54, 1.807) is 12.1 Å². The second-order valence-electron chi connectivity index (χ2n) is 3.21. The van der Waals surface area contributed by atoms with Gasteiger partial charge in [0, 0.05) is 12.1 Å². The minimum absolute atomic E-state index is 0.251. The molecule has 13 heavy (non-hydrogen) atoms. The Balaban J connectivity index is 1.86. The Morgan fingerprint density at radius 1 is 1.54 bits per heavy atom.